The molecule has 0 spiro atoms. The van der Waals surface area contributed by atoms with Gasteiger partial charge in [0.25, 0.3) is 5.91 Å². The number of hydrogen-bond acceptors (Lipinski definition) is 6. The van der Waals surface area contributed by atoms with Crippen LogP contribution in [0.1, 0.15) is 58.3 Å². The fourth-order valence-corrected chi connectivity index (χ4v) is 3.36. The van der Waals surface area contributed by atoms with Crippen LogP contribution in [0.2, 0.25) is 0 Å². The summed E-state index contributed by atoms with van der Waals surface area (Å²) in [6, 6.07) is -1.05. The summed E-state index contributed by atoms with van der Waals surface area (Å²) < 4.78 is 5.48. The number of carbonyl (C=O) groups excluding carboxylic acids is 2. The molecule has 2 heterocycles. The van der Waals surface area contributed by atoms with Gasteiger partial charge in [-0.1, -0.05) is 51.9 Å². The van der Waals surface area contributed by atoms with Crippen LogP contribution in [0.4, 0.5) is 0 Å². The van der Waals surface area contributed by atoms with Gasteiger partial charge < -0.3 is 25.4 Å². The number of epoxide rings is 1. The second-order valence-corrected chi connectivity index (χ2v) is 7.25. The number of amides is 1. The lowest BCUT2D eigenvalue weighted by Crippen LogP contribution is -2.52. The van der Waals surface area contributed by atoms with E-state index in [0.717, 1.165) is 18.9 Å². The molecule has 1 amide bonds. The number of ketones is 1. The van der Waals surface area contributed by atoms with Gasteiger partial charge in [-0.3, -0.25) is 9.59 Å². The van der Waals surface area contributed by atoms with E-state index in [4.69, 9.17) is 9.84 Å². The maximum absolute atomic E-state index is 12.2. The highest BCUT2D eigenvalue weighted by Crippen LogP contribution is 2.30. The summed E-state index contributed by atoms with van der Waals surface area (Å²) in [5, 5.41) is 31.4. The van der Waals surface area contributed by atoms with Gasteiger partial charge in [-0.15, -0.1) is 0 Å². The molecule has 2 aliphatic rings. The first-order valence-corrected chi connectivity index (χ1v) is 9.65. The van der Waals surface area contributed by atoms with Crippen molar-refractivity contribution in [1.82, 2.24) is 5.32 Å². The third kappa shape index (κ3) is 4.91. The zero-order chi connectivity index (χ0) is 19.2. The van der Waals surface area contributed by atoms with Gasteiger partial charge in [0.2, 0.25) is 5.60 Å². The molecule has 0 bridgehead atoms. The van der Waals surface area contributed by atoms with Crippen molar-refractivity contribution in [1.29, 1.82) is 0 Å². The number of ether oxygens (including phenoxy) is 1. The summed E-state index contributed by atoms with van der Waals surface area (Å²) in [7, 11) is 0. The van der Waals surface area contributed by atoms with Crippen LogP contribution in [0.15, 0.2) is 12.2 Å². The van der Waals surface area contributed by atoms with Crippen molar-refractivity contribution in [3.63, 3.8) is 0 Å². The molecule has 7 heteroatoms. The molecule has 5 unspecified atom stereocenters. The molecule has 2 aliphatic heterocycles. The molecular weight excluding hydrogens is 338 g/mol. The average molecular weight is 369 g/mol. The van der Waals surface area contributed by atoms with Gasteiger partial charge in [0.15, 0.2) is 5.78 Å². The Bertz CT molecular complexity index is 522. The van der Waals surface area contributed by atoms with Gasteiger partial charge in [0.05, 0.1) is 18.8 Å². The second-order valence-electron chi connectivity index (χ2n) is 7.25. The summed E-state index contributed by atoms with van der Waals surface area (Å²) in [5.74, 6) is -1.89. The van der Waals surface area contributed by atoms with Crippen LogP contribution in [0, 0.1) is 0 Å². The van der Waals surface area contributed by atoms with Crippen molar-refractivity contribution >= 4 is 11.7 Å². The number of carbonyl (C=O) groups is 2. The van der Waals surface area contributed by atoms with E-state index in [0.29, 0.717) is 0 Å². The van der Waals surface area contributed by atoms with Crippen molar-refractivity contribution in [2.24, 2.45) is 0 Å². The molecule has 0 aliphatic carbocycles. The highest BCUT2D eigenvalue weighted by Gasteiger charge is 2.58. The second kappa shape index (κ2) is 9.60. The Morgan fingerprint density at radius 3 is 2.50 bits per heavy atom. The third-order valence-corrected chi connectivity index (χ3v) is 5.20. The Morgan fingerprint density at radius 1 is 1.23 bits per heavy atom. The van der Waals surface area contributed by atoms with Crippen molar-refractivity contribution in [2.45, 2.75) is 88.2 Å². The van der Waals surface area contributed by atoms with Crippen LogP contribution in [0.5, 0.6) is 0 Å². The highest BCUT2D eigenvalue weighted by molar-refractivity contribution is 6.16. The fourth-order valence-electron chi connectivity index (χ4n) is 3.36. The number of aliphatic hydroxyl groups excluding tert-OH is 2. The van der Waals surface area contributed by atoms with Gasteiger partial charge in [-0.2, -0.15) is 0 Å². The number of hydrogen-bond donors (Lipinski definition) is 4. The van der Waals surface area contributed by atoms with Gasteiger partial charge in [0, 0.05) is 0 Å². The Morgan fingerprint density at radius 2 is 1.88 bits per heavy atom. The monoisotopic (exact) mass is 369 g/mol. The van der Waals surface area contributed by atoms with E-state index in [2.05, 4.69) is 12.2 Å². The standard InChI is InChI=1S/C19H31NO6/c1-2-3-4-5-6-7-8-9-14-15(26-14)10-11-16(22)19(25)17(23)13(12-21)20-18(19)24/h10-11,13-15,17,21,23,25H,2-9,12H2,1H3,(H,20,24). The summed E-state index contributed by atoms with van der Waals surface area (Å²) in [5.41, 5.74) is -2.55. The van der Waals surface area contributed by atoms with Gasteiger partial charge in [-0.05, 0) is 18.6 Å². The fraction of sp³-hybridized carbons (Fsp3) is 0.789. The lowest BCUT2D eigenvalue weighted by atomic mass is 9.91. The first-order valence-electron chi connectivity index (χ1n) is 9.65. The SMILES string of the molecule is CCCCCCCCCC1OC1C=CC(=O)C1(O)C(=O)NC(CO)C1O. The topological polar surface area (TPSA) is 119 Å². The van der Waals surface area contributed by atoms with Crippen molar-refractivity contribution in [3.05, 3.63) is 12.2 Å². The van der Waals surface area contributed by atoms with Gasteiger partial charge >= 0.3 is 0 Å². The summed E-state index contributed by atoms with van der Waals surface area (Å²) in [6.07, 6.45) is 10.4. The van der Waals surface area contributed by atoms with E-state index in [1.807, 2.05) is 0 Å². The molecule has 0 aromatic heterocycles. The first-order chi connectivity index (χ1) is 12.4. The van der Waals surface area contributed by atoms with Crippen LogP contribution < -0.4 is 5.32 Å². The van der Waals surface area contributed by atoms with E-state index >= 15 is 0 Å². The summed E-state index contributed by atoms with van der Waals surface area (Å²) in [6.45, 7) is 1.64. The maximum atomic E-state index is 12.2. The molecular formula is C19H31NO6. The quantitative estimate of drug-likeness (QED) is 0.173. The highest BCUT2D eigenvalue weighted by atomic mass is 16.6. The van der Waals surface area contributed by atoms with E-state index in [1.165, 1.54) is 44.6 Å². The van der Waals surface area contributed by atoms with Gasteiger partial charge in [0.1, 0.15) is 12.2 Å². The van der Waals surface area contributed by atoms with E-state index < -0.39 is 36.0 Å². The average Bonchev–Trinajstić information content (AvgIpc) is 3.35. The first kappa shape index (κ1) is 21.0. The summed E-state index contributed by atoms with van der Waals surface area (Å²) >= 11 is 0. The Hall–Kier alpha value is -1.28. The Labute approximate surface area is 154 Å². The largest absolute Gasteiger partial charge is 0.394 e. The zero-order valence-electron chi connectivity index (χ0n) is 15.4. The van der Waals surface area contributed by atoms with E-state index in [1.54, 1.807) is 0 Å². The van der Waals surface area contributed by atoms with Crippen molar-refractivity contribution in [3.8, 4) is 0 Å². The molecule has 0 aromatic rings. The van der Waals surface area contributed by atoms with Gasteiger partial charge in [-0.25, -0.2) is 0 Å². The summed E-state index contributed by atoms with van der Waals surface area (Å²) in [4.78, 5) is 24.0. The molecule has 2 fully saturated rings. The third-order valence-electron chi connectivity index (χ3n) is 5.20. The molecule has 4 N–H and O–H groups in total. The molecule has 0 radical (unpaired) electrons. The number of nitrogens with one attached hydrogen (secondary N) is 1. The smallest absolute Gasteiger partial charge is 0.263 e. The molecule has 0 saturated carbocycles. The molecule has 2 saturated heterocycles. The van der Waals surface area contributed by atoms with Crippen LogP contribution in [-0.4, -0.2) is 63.6 Å². The Balaban J connectivity index is 1.69. The minimum Gasteiger partial charge on any atom is -0.394 e. The number of unbranched alkanes of at least 4 members (excludes halogenated alkanes) is 6. The lowest BCUT2D eigenvalue weighted by Gasteiger charge is -2.21. The zero-order valence-corrected chi connectivity index (χ0v) is 15.4. The van der Waals surface area contributed by atoms with Crippen molar-refractivity contribution in [2.75, 3.05) is 6.61 Å². The molecule has 5 atom stereocenters. The molecule has 148 valence electrons. The predicted octanol–water partition coefficient (Wildman–Crippen LogP) is 0.602. The number of rotatable bonds is 12. The Kier molecular flexibility index (Phi) is 7.76. The van der Waals surface area contributed by atoms with E-state index in [-0.39, 0.29) is 12.2 Å². The van der Waals surface area contributed by atoms with Crippen LogP contribution in [0.3, 0.4) is 0 Å². The maximum Gasteiger partial charge on any atom is 0.263 e. The van der Waals surface area contributed by atoms with Crippen LogP contribution >= 0.6 is 0 Å². The lowest BCUT2D eigenvalue weighted by molar-refractivity contribution is -0.154. The normalized spacial score (nSPS) is 33.6. The van der Waals surface area contributed by atoms with Crippen molar-refractivity contribution < 1.29 is 29.6 Å². The molecule has 7 nitrogen and oxygen atoms in total. The van der Waals surface area contributed by atoms with E-state index in [9.17, 15) is 19.8 Å². The predicted molar refractivity (Wildman–Crippen MR) is 95.4 cm³/mol. The minimum absolute atomic E-state index is 0.0804. The van der Waals surface area contributed by atoms with Crippen LogP contribution in [0.25, 0.3) is 0 Å². The molecule has 2 rings (SSSR count). The molecule has 0 aromatic carbocycles. The van der Waals surface area contributed by atoms with Crippen LogP contribution in [-0.2, 0) is 14.3 Å². The molecule has 26 heavy (non-hydrogen) atoms. The minimum atomic E-state index is -2.55. The number of aliphatic hydroxyl groups is 3.